The van der Waals surface area contributed by atoms with Gasteiger partial charge in [0, 0.05) is 57.7 Å². The van der Waals surface area contributed by atoms with Crippen molar-refractivity contribution in [1.29, 1.82) is 0 Å². The van der Waals surface area contributed by atoms with E-state index >= 15 is 0 Å². The molecule has 0 N–H and O–H groups in total. The van der Waals surface area contributed by atoms with Gasteiger partial charge in [0.1, 0.15) is 0 Å². The molecule has 0 radical (unpaired) electrons. The van der Waals surface area contributed by atoms with Crippen LogP contribution in [0.3, 0.4) is 0 Å². The summed E-state index contributed by atoms with van der Waals surface area (Å²) in [5, 5.41) is 0. The standard InChI is InChI=1S/C18H23N3O3/c1-14-4-2-3-5-15(14)19-10-12-20(13-11-19)16(22)8-9-21-17(23)6-7-18(21)24/h2-5H,6-13H2,1H3. The number of para-hydroxylation sites is 1. The van der Waals surface area contributed by atoms with E-state index in [1.165, 1.54) is 16.2 Å². The SMILES string of the molecule is Cc1ccccc1N1CCN(C(=O)CCN2C(=O)CCC2=O)CC1. The van der Waals surface area contributed by atoms with E-state index in [-0.39, 0.29) is 43.5 Å². The molecule has 6 heteroatoms. The lowest BCUT2D eigenvalue weighted by molar-refractivity contribution is -0.139. The monoisotopic (exact) mass is 329 g/mol. The smallest absolute Gasteiger partial charge is 0.229 e. The first-order valence-corrected chi connectivity index (χ1v) is 8.48. The van der Waals surface area contributed by atoms with Crippen LogP contribution in [0.1, 0.15) is 24.8 Å². The van der Waals surface area contributed by atoms with Gasteiger partial charge in [-0.25, -0.2) is 0 Å². The number of hydrogen-bond acceptors (Lipinski definition) is 4. The third-order valence-corrected chi connectivity index (χ3v) is 4.79. The highest BCUT2D eigenvalue weighted by atomic mass is 16.2. The average Bonchev–Trinajstić information content (AvgIpc) is 2.91. The van der Waals surface area contributed by atoms with Crippen molar-refractivity contribution in [2.75, 3.05) is 37.6 Å². The fourth-order valence-electron chi connectivity index (χ4n) is 3.35. The van der Waals surface area contributed by atoms with E-state index in [1.807, 2.05) is 17.0 Å². The van der Waals surface area contributed by atoms with Crippen LogP contribution in [-0.4, -0.2) is 60.2 Å². The maximum Gasteiger partial charge on any atom is 0.229 e. The first-order chi connectivity index (χ1) is 11.6. The zero-order valence-electron chi connectivity index (χ0n) is 14.0. The lowest BCUT2D eigenvalue weighted by atomic mass is 10.1. The number of anilines is 1. The van der Waals surface area contributed by atoms with Gasteiger partial charge in [0.2, 0.25) is 17.7 Å². The number of aryl methyl sites for hydroxylation is 1. The number of rotatable bonds is 4. The van der Waals surface area contributed by atoms with Crippen LogP contribution in [0.5, 0.6) is 0 Å². The zero-order valence-corrected chi connectivity index (χ0v) is 14.0. The molecule has 3 rings (SSSR count). The van der Waals surface area contributed by atoms with Crippen LogP contribution >= 0.6 is 0 Å². The van der Waals surface area contributed by atoms with Gasteiger partial charge in [-0.2, -0.15) is 0 Å². The maximum absolute atomic E-state index is 12.3. The maximum atomic E-state index is 12.3. The van der Waals surface area contributed by atoms with Crippen molar-refractivity contribution in [1.82, 2.24) is 9.80 Å². The summed E-state index contributed by atoms with van der Waals surface area (Å²) >= 11 is 0. The zero-order chi connectivity index (χ0) is 17.1. The highest BCUT2D eigenvalue weighted by molar-refractivity contribution is 6.02. The summed E-state index contributed by atoms with van der Waals surface area (Å²) in [6.45, 7) is 5.27. The number of benzene rings is 1. The minimum Gasteiger partial charge on any atom is -0.368 e. The van der Waals surface area contributed by atoms with E-state index in [1.54, 1.807) is 0 Å². The van der Waals surface area contributed by atoms with Crippen molar-refractivity contribution in [3.63, 3.8) is 0 Å². The Labute approximate surface area is 142 Å². The lowest BCUT2D eigenvalue weighted by Gasteiger charge is -2.37. The summed E-state index contributed by atoms with van der Waals surface area (Å²) in [6, 6.07) is 8.26. The van der Waals surface area contributed by atoms with Crippen molar-refractivity contribution < 1.29 is 14.4 Å². The van der Waals surface area contributed by atoms with Gasteiger partial charge < -0.3 is 9.80 Å². The minimum atomic E-state index is -0.155. The number of nitrogens with zero attached hydrogens (tertiary/aromatic N) is 3. The van der Waals surface area contributed by atoms with E-state index < -0.39 is 0 Å². The number of carbonyl (C=O) groups excluding carboxylic acids is 3. The number of piperazine rings is 1. The normalized spacial score (nSPS) is 18.5. The highest BCUT2D eigenvalue weighted by Gasteiger charge is 2.30. The molecule has 0 bridgehead atoms. The molecule has 0 saturated carbocycles. The number of likely N-dealkylation sites (tertiary alicyclic amines) is 1. The molecule has 2 heterocycles. The summed E-state index contributed by atoms with van der Waals surface area (Å²) in [5.74, 6) is -0.290. The molecule has 2 aliphatic rings. The fourth-order valence-corrected chi connectivity index (χ4v) is 3.35. The van der Waals surface area contributed by atoms with Crippen molar-refractivity contribution in [3.8, 4) is 0 Å². The van der Waals surface area contributed by atoms with E-state index in [2.05, 4.69) is 24.0 Å². The van der Waals surface area contributed by atoms with Crippen LogP contribution in [0.25, 0.3) is 0 Å². The summed E-state index contributed by atoms with van der Waals surface area (Å²) < 4.78 is 0. The largest absolute Gasteiger partial charge is 0.368 e. The third-order valence-electron chi connectivity index (χ3n) is 4.79. The van der Waals surface area contributed by atoms with Gasteiger partial charge in [-0.05, 0) is 18.6 Å². The van der Waals surface area contributed by atoms with Gasteiger partial charge in [-0.3, -0.25) is 19.3 Å². The Hall–Kier alpha value is -2.37. The van der Waals surface area contributed by atoms with Gasteiger partial charge in [0.25, 0.3) is 0 Å². The Morgan fingerprint density at radius 3 is 2.25 bits per heavy atom. The van der Waals surface area contributed by atoms with Crippen molar-refractivity contribution in [2.24, 2.45) is 0 Å². The van der Waals surface area contributed by atoms with Crippen molar-refractivity contribution in [3.05, 3.63) is 29.8 Å². The molecule has 24 heavy (non-hydrogen) atoms. The number of imide groups is 1. The molecule has 2 saturated heterocycles. The van der Waals surface area contributed by atoms with Gasteiger partial charge in [0.15, 0.2) is 0 Å². The Kier molecular flexibility index (Phi) is 4.83. The summed E-state index contributed by atoms with van der Waals surface area (Å²) in [7, 11) is 0. The molecule has 2 fully saturated rings. The molecular weight excluding hydrogens is 306 g/mol. The molecule has 2 aliphatic heterocycles. The molecule has 3 amide bonds. The Morgan fingerprint density at radius 2 is 1.62 bits per heavy atom. The third kappa shape index (κ3) is 3.42. The summed E-state index contributed by atoms with van der Waals surface area (Å²) in [4.78, 5) is 40.8. The molecule has 0 unspecified atom stereocenters. The Balaban J connectivity index is 1.49. The first-order valence-electron chi connectivity index (χ1n) is 8.48. The van der Waals surface area contributed by atoms with Crippen molar-refractivity contribution >= 4 is 23.4 Å². The van der Waals surface area contributed by atoms with E-state index in [4.69, 9.17) is 0 Å². The summed E-state index contributed by atoms with van der Waals surface area (Å²) in [5.41, 5.74) is 2.46. The highest BCUT2D eigenvalue weighted by Crippen LogP contribution is 2.21. The van der Waals surface area contributed by atoms with Gasteiger partial charge in [-0.1, -0.05) is 18.2 Å². The average molecular weight is 329 g/mol. The first kappa shape index (κ1) is 16.5. The quantitative estimate of drug-likeness (QED) is 0.779. The topological polar surface area (TPSA) is 60.9 Å². The number of hydrogen-bond donors (Lipinski definition) is 0. The minimum absolute atomic E-state index is 0.0203. The molecule has 128 valence electrons. The number of amides is 3. The molecule has 1 aromatic carbocycles. The molecular formula is C18H23N3O3. The fraction of sp³-hybridized carbons (Fsp3) is 0.500. The second kappa shape index (κ2) is 7.03. The molecule has 0 aliphatic carbocycles. The predicted octanol–water partition coefficient (Wildman–Crippen LogP) is 1.18. The van der Waals surface area contributed by atoms with E-state index in [0.29, 0.717) is 13.1 Å². The second-order valence-corrected chi connectivity index (χ2v) is 6.34. The van der Waals surface area contributed by atoms with Crippen LogP contribution in [0.4, 0.5) is 5.69 Å². The predicted molar refractivity (Wildman–Crippen MR) is 90.5 cm³/mol. The van der Waals surface area contributed by atoms with Crippen LogP contribution in [0.15, 0.2) is 24.3 Å². The summed E-state index contributed by atoms with van der Waals surface area (Å²) in [6.07, 6.45) is 0.784. The molecule has 1 aromatic rings. The van der Waals surface area contributed by atoms with Crippen LogP contribution < -0.4 is 4.90 Å². The van der Waals surface area contributed by atoms with Crippen LogP contribution in [0, 0.1) is 6.92 Å². The lowest BCUT2D eigenvalue weighted by Crippen LogP contribution is -2.49. The van der Waals surface area contributed by atoms with Crippen LogP contribution in [-0.2, 0) is 14.4 Å². The Morgan fingerprint density at radius 1 is 1.00 bits per heavy atom. The van der Waals surface area contributed by atoms with Gasteiger partial charge in [0.05, 0.1) is 0 Å². The van der Waals surface area contributed by atoms with Gasteiger partial charge >= 0.3 is 0 Å². The van der Waals surface area contributed by atoms with Crippen molar-refractivity contribution in [2.45, 2.75) is 26.2 Å². The van der Waals surface area contributed by atoms with Gasteiger partial charge in [-0.15, -0.1) is 0 Å². The molecule has 6 nitrogen and oxygen atoms in total. The molecule has 0 atom stereocenters. The second-order valence-electron chi connectivity index (χ2n) is 6.34. The molecule has 0 spiro atoms. The Bertz CT molecular complexity index is 635. The number of carbonyl (C=O) groups is 3. The van der Waals surface area contributed by atoms with Crippen LogP contribution in [0.2, 0.25) is 0 Å². The van der Waals surface area contributed by atoms with E-state index in [9.17, 15) is 14.4 Å². The molecule has 0 aromatic heterocycles. The van der Waals surface area contributed by atoms with E-state index in [0.717, 1.165) is 13.1 Å².